The highest BCUT2D eigenvalue weighted by Crippen LogP contribution is 2.38. The van der Waals surface area contributed by atoms with Crippen molar-refractivity contribution in [1.82, 2.24) is 14.6 Å². The molecule has 0 atom stereocenters. The smallest absolute Gasteiger partial charge is 0.350 e. The maximum atomic E-state index is 12.9. The molecule has 0 fully saturated rings. The van der Waals surface area contributed by atoms with Crippen LogP contribution in [0.25, 0.3) is 21.9 Å². The molecule has 0 spiro atoms. The second kappa shape index (κ2) is 7.82. The van der Waals surface area contributed by atoms with Gasteiger partial charge in [0, 0.05) is 23.4 Å². The van der Waals surface area contributed by atoms with Crippen LogP contribution in [0.5, 0.6) is 17.2 Å². The molecule has 0 bridgehead atoms. The number of esters is 1. The number of rotatable bonds is 5. The molecule has 2 heterocycles. The molecule has 4 aromatic rings. The van der Waals surface area contributed by atoms with Crippen molar-refractivity contribution in [1.29, 1.82) is 0 Å². The Kier molecular flexibility index (Phi) is 5.04. The molecular weight excluding hydrogens is 404 g/mol. The summed E-state index contributed by atoms with van der Waals surface area (Å²) in [7, 11) is 2.81. The number of nitrogens with zero attached hydrogens (tertiary/aromatic N) is 2. The van der Waals surface area contributed by atoms with Crippen molar-refractivity contribution in [3.05, 3.63) is 62.8 Å². The summed E-state index contributed by atoms with van der Waals surface area (Å²) in [6.45, 7) is 1.26. The van der Waals surface area contributed by atoms with E-state index in [1.165, 1.54) is 39.5 Å². The van der Waals surface area contributed by atoms with Crippen LogP contribution in [0, 0.1) is 0 Å². The van der Waals surface area contributed by atoms with Crippen molar-refractivity contribution in [2.45, 2.75) is 6.92 Å². The fraction of sp³-hybridized carbons (Fsp3) is 0.143. The van der Waals surface area contributed by atoms with Gasteiger partial charge in [0.15, 0.2) is 11.5 Å². The SMILES string of the molecule is COc1cc(C=Nn2c(=O)[nH]c3c([nH]c4ccccc43)c2=O)cc(OC)c1OC(C)=O. The first-order valence-corrected chi connectivity index (χ1v) is 9.17. The van der Waals surface area contributed by atoms with Gasteiger partial charge in [0.05, 0.1) is 26.0 Å². The zero-order chi connectivity index (χ0) is 22.1. The summed E-state index contributed by atoms with van der Waals surface area (Å²) in [5.74, 6) is 0.0264. The standard InChI is InChI=1S/C21H18N4O6/c1-11(26)31-19-15(29-2)8-12(9-16(19)30-3)10-22-25-20(27)18-17(24-21(25)28)13-6-4-5-7-14(13)23-18/h4-10,23H,1-3H3,(H,24,28). The van der Waals surface area contributed by atoms with Gasteiger partial charge in [-0.25, -0.2) is 4.79 Å². The van der Waals surface area contributed by atoms with Crippen molar-refractivity contribution in [3.63, 3.8) is 0 Å². The number of fused-ring (bicyclic) bond motifs is 3. The number of methoxy groups -OCH3 is 2. The summed E-state index contributed by atoms with van der Waals surface area (Å²) in [5, 5.41) is 4.77. The average Bonchev–Trinajstić information content (AvgIpc) is 3.12. The Morgan fingerprint density at radius 1 is 1.03 bits per heavy atom. The topological polar surface area (TPSA) is 128 Å². The van der Waals surface area contributed by atoms with Gasteiger partial charge in [-0.3, -0.25) is 9.59 Å². The van der Waals surface area contributed by atoms with Gasteiger partial charge < -0.3 is 24.2 Å². The minimum Gasteiger partial charge on any atom is -0.493 e. The van der Waals surface area contributed by atoms with Gasteiger partial charge >= 0.3 is 17.2 Å². The molecule has 31 heavy (non-hydrogen) atoms. The predicted molar refractivity (Wildman–Crippen MR) is 115 cm³/mol. The van der Waals surface area contributed by atoms with E-state index in [9.17, 15) is 14.4 Å². The zero-order valence-electron chi connectivity index (χ0n) is 16.9. The van der Waals surface area contributed by atoms with Crippen LogP contribution in [-0.4, -0.2) is 41.0 Å². The Morgan fingerprint density at radius 3 is 2.35 bits per heavy atom. The Morgan fingerprint density at radius 2 is 1.71 bits per heavy atom. The summed E-state index contributed by atoms with van der Waals surface area (Å²) >= 11 is 0. The van der Waals surface area contributed by atoms with Gasteiger partial charge in [0.25, 0.3) is 0 Å². The Balaban J connectivity index is 1.81. The first kappa shape index (κ1) is 20.0. The van der Waals surface area contributed by atoms with Crippen molar-refractivity contribution < 1.29 is 19.0 Å². The lowest BCUT2D eigenvalue weighted by atomic mass is 10.2. The summed E-state index contributed by atoms with van der Waals surface area (Å²) in [5.41, 5.74) is 0.551. The lowest BCUT2D eigenvalue weighted by Crippen LogP contribution is -2.32. The molecular formula is C21H18N4O6. The van der Waals surface area contributed by atoms with Crippen molar-refractivity contribution in [2.75, 3.05) is 14.2 Å². The molecule has 0 amide bonds. The molecule has 2 N–H and O–H groups in total. The van der Waals surface area contributed by atoms with Crippen molar-refractivity contribution >= 4 is 34.1 Å². The molecule has 0 radical (unpaired) electrons. The van der Waals surface area contributed by atoms with E-state index in [1.54, 1.807) is 6.07 Å². The quantitative estimate of drug-likeness (QED) is 0.288. The second-order valence-corrected chi connectivity index (χ2v) is 6.56. The third-order valence-corrected chi connectivity index (χ3v) is 4.59. The fourth-order valence-corrected chi connectivity index (χ4v) is 3.24. The van der Waals surface area contributed by atoms with E-state index < -0.39 is 17.2 Å². The van der Waals surface area contributed by atoms with E-state index in [4.69, 9.17) is 14.2 Å². The van der Waals surface area contributed by atoms with E-state index in [1.807, 2.05) is 18.2 Å². The molecule has 0 saturated carbocycles. The number of H-pyrrole nitrogens is 2. The first-order chi connectivity index (χ1) is 14.9. The van der Waals surface area contributed by atoms with Gasteiger partial charge in [0.1, 0.15) is 5.52 Å². The Labute approximate surface area is 174 Å². The normalized spacial score (nSPS) is 11.3. The molecule has 0 saturated heterocycles. The van der Waals surface area contributed by atoms with Gasteiger partial charge in [0.2, 0.25) is 5.75 Å². The number of nitrogens with one attached hydrogen (secondary N) is 2. The molecule has 0 unspecified atom stereocenters. The van der Waals surface area contributed by atoms with Crippen molar-refractivity contribution in [3.8, 4) is 17.2 Å². The molecule has 10 nitrogen and oxygen atoms in total. The minimum atomic E-state index is -0.686. The monoisotopic (exact) mass is 422 g/mol. The van der Waals surface area contributed by atoms with Crippen LogP contribution in [0.4, 0.5) is 0 Å². The molecule has 158 valence electrons. The van der Waals surface area contributed by atoms with Crippen LogP contribution in [0.3, 0.4) is 0 Å². The van der Waals surface area contributed by atoms with E-state index in [0.717, 1.165) is 15.6 Å². The molecule has 0 aliphatic rings. The van der Waals surface area contributed by atoms with Crippen LogP contribution in [0.1, 0.15) is 12.5 Å². The van der Waals surface area contributed by atoms with Gasteiger partial charge in [-0.15, -0.1) is 4.68 Å². The van der Waals surface area contributed by atoms with E-state index in [2.05, 4.69) is 15.1 Å². The number of carbonyl (C=O) groups excluding carboxylic acids is 1. The zero-order valence-corrected chi connectivity index (χ0v) is 16.9. The van der Waals surface area contributed by atoms with E-state index >= 15 is 0 Å². The lowest BCUT2D eigenvalue weighted by Gasteiger charge is -2.13. The molecule has 0 aliphatic heterocycles. The summed E-state index contributed by atoms with van der Waals surface area (Å²) in [6.07, 6.45) is 1.30. The number of aromatic nitrogens is 3. The van der Waals surface area contributed by atoms with E-state index in [0.29, 0.717) is 11.1 Å². The summed E-state index contributed by atoms with van der Waals surface area (Å²) in [4.78, 5) is 42.4. The molecule has 2 aromatic carbocycles. The van der Waals surface area contributed by atoms with Crippen LogP contribution in [-0.2, 0) is 4.79 Å². The first-order valence-electron chi connectivity index (χ1n) is 9.17. The molecule has 4 rings (SSSR count). The average molecular weight is 422 g/mol. The lowest BCUT2D eigenvalue weighted by molar-refractivity contribution is -0.132. The maximum absolute atomic E-state index is 12.9. The van der Waals surface area contributed by atoms with Crippen LogP contribution in [0.2, 0.25) is 0 Å². The largest absolute Gasteiger partial charge is 0.493 e. The van der Waals surface area contributed by atoms with Gasteiger partial charge in [-0.1, -0.05) is 18.2 Å². The van der Waals surface area contributed by atoms with Gasteiger partial charge in [-0.05, 0) is 18.2 Å². The third-order valence-electron chi connectivity index (χ3n) is 4.59. The van der Waals surface area contributed by atoms with E-state index in [-0.39, 0.29) is 22.8 Å². The number of para-hydroxylation sites is 1. The highest BCUT2D eigenvalue weighted by molar-refractivity contribution is 6.04. The van der Waals surface area contributed by atoms with Gasteiger partial charge in [-0.2, -0.15) is 5.10 Å². The van der Waals surface area contributed by atoms with Crippen LogP contribution < -0.4 is 25.5 Å². The molecule has 10 heteroatoms. The summed E-state index contributed by atoms with van der Waals surface area (Å²) < 4.78 is 16.4. The highest BCUT2D eigenvalue weighted by atomic mass is 16.6. The summed E-state index contributed by atoms with van der Waals surface area (Å²) in [6, 6.07) is 10.3. The third kappa shape index (κ3) is 3.54. The number of aromatic amines is 2. The number of hydrogen-bond acceptors (Lipinski definition) is 7. The minimum absolute atomic E-state index is 0.115. The number of ether oxygens (including phenoxy) is 3. The molecule has 2 aromatic heterocycles. The number of benzene rings is 2. The van der Waals surface area contributed by atoms with Crippen LogP contribution >= 0.6 is 0 Å². The Hall–Kier alpha value is -4.34. The second-order valence-electron chi connectivity index (χ2n) is 6.56. The number of carbonyl (C=O) groups is 1. The Bertz CT molecular complexity index is 1440. The maximum Gasteiger partial charge on any atom is 0.350 e. The van der Waals surface area contributed by atoms with Crippen LogP contribution in [0.15, 0.2) is 51.1 Å². The highest BCUT2D eigenvalue weighted by Gasteiger charge is 2.16. The predicted octanol–water partition coefficient (Wildman–Crippen LogP) is 2.00. The van der Waals surface area contributed by atoms with Crippen molar-refractivity contribution in [2.24, 2.45) is 5.10 Å². The fourth-order valence-electron chi connectivity index (χ4n) is 3.24. The number of hydrogen-bond donors (Lipinski definition) is 2. The molecule has 0 aliphatic carbocycles.